The maximum atomic E-state index is 12.4. The second-order valence-corrected chi connectivity index (χ2v) is 5.60. The predicted octanol–water partition coefficient (Wildman–Crippen LogP) is 1.02. The number of fused-ring (bicyclic) bond motifs is 1. The van der Waals surface area contributed by atoms with E-state index in [4.69, 9.17) is 4.74 Å². The van der Waals surface area contributed by atoms with Crippen molar-refractivity contribution in [3.63, 3.8) is 0 Å². The molecule has 3 rings (SSSR count). The lowest BCUT2D eigenvalue weighted by atomic mass is 10.0. The van der Waals surface area contributed by atoms with Crippen molar-refractivity contribution < 1.29 is 9.13 Å². The van der Waals surface area contributed by atoms with E-state index in [9.17, 15) is 9.18 Å². The molecule has 2 heterocycles. The highest BCUT2D eigenvalue weighted by molar-refractivity contribution is 5.95. The van der Waals surface area contributed by atoms with Gasteiger partial charge in [0.15, 0.2) is 0 Å². The summed E-state index contributed by atoms with van der Waals surface area (Å²) in [5.74, 6) is 0.529. The molecule has 7 heteroatoms. The minimum Gasteiger partial charge on any atom is -0.489 e. The van der Waals surface area contributed by atoms with E-state index in [1.807, 2.05) is 14.1 Å². The van der Waals surface area contributed by atoms with Crippen LogP contribution in [0.1, 0.15) is 0 Å². The van der Waals surface area contributed by atoms with Gasteiger partial charge >= 0.3 is 0 Å². The fourth-order valence-electron chi connectivity index (χ4n) is 2.67. The lowest BCUT2D eigenvalue weighted by molar-refractivity contribution is 0.242. The topological polar surface area (TPSA) is 61.5 Å². The summed E-state index contributed by atoms with van der Waals surface area (Å²) in [5, 5.41) is 0.496. The molecule has 0 bridgehead atoms. The van der Waals surface area contributed by atoms with Gasteiger partial charge in [0.25, 0.3) is 5.56 Å². The van der Waals surface area contributed by atoms with Gasteiger partial charge in [0.05, 0.1) is 22.9 Å². The first-order valence-corrected chi connectivity index (χ1v) is 7.22. The van der Waals surface area contributed by atoms with Crippen LogP contribution in [-0.2, 0) is 0 Å². The molecule has 22 heavy (non-hydrogen) atoms. The number of nitrogens with one attached hydrogen (secondary N) is 1. The molecule has 0 unspecified atom stereocenters. The largest absolute Gasteiger partial charge is 0.489 e. The van der Waals surface area contributed by atoms with Gasteiger partial charge in [-0.05, 0) is 26.2 Å². The van der Waals surface area contributed by atoms with E-state index in [2.05, 4.69) is 19.8 Å². The third-order valence-corrected chi connectivity index (χ3v) is 3.99. The van der Waals surface area contributed by atoms with Gasteiger partial charge in [0.1, 0.15) is 19.0 Å². The molecular formula is C15H19FN4O2. The van der Waals surface area contributed by atoms with Crippen molar-refractivity contribution in [2.24, 2.45) is 0 Å². The molecule has 0 amide bonds. The van der Waals surface area contributed by atoms with Gasteiger partial charge in [-0.3, -0.25) is 4.79 Å². The number of halogens is 1. The van der Waals surface area contributed by atoms with E-state index in [-0.39, 0.29) is 12.2 Å². The SMILES string of the molecule is CN(C)C1CN(c2c(OCCF)ccc3nc[nH]c(=O)c23)C1. The Hall–Kier alpha value is -2.15. The average molecular weight is 306 g/mol. The van der Waals surface area contributed by atoms with E-state index in [0.29, 0.717) is 28.4 Å². The number of rotatable bonds is 5. The number of ether oxygens (including phenoxy) is 1. The highest BCUT2D eigenvalue weighted by atomic mass is 19.1. The molecule has 1 N–H and O–H groups in total. The number of aromatic nitrogens is 2. The predicted molar refractivity (Wildman–Crippen MR) is 83.5 cm³/mol. The zero-order valence-electron chi connectivity index (χ0n) is 12.7. The fraction of sp³-hybridized carbons (Fsp3) is 0.467. The van der Waals surface area contributed by atoms with Gasteiger partial charge in [-0.15, -0.1) is 0 Å². The third kappa shape index (κ3) is 2.52. The van der Waals surface area contributed by atoms with Crippen LogP contribution < -0.4 is 15.2 Å². The Bertz CT molecular complexity index is 725. The Labute approximate surface area is 127 Å². The lowest BCUT2D eigenvalue weighted by Crippen LogP contribution is -2.57. The molecule has 1 aromatic carbocycles. The molecule has 0 radical (unpaired) electrons. The highest BCUT2D eigenvalue weighted by Crippen LogP contribution is 2.37. The molecule has 118 valence electrons. The standard InChI is InChI=1S/C15H19FN4O2/c1-19(2)10-7-20(8-10)14-12(22-6-5-16)4-3-11-13(14)15(21)18-9-17-11/h3-4,9-10H,5-8H2,1-2H3,(H,17,18,21). The Morgan fingerprint density at radius 1 is 1.45 bits per heavy atom. The number of anilines is 1. The van der Waals surface area contributed by atoms with Crippen LogP contribution in [0.25, 0.3) is 10.9 Å². The summed E-state index contributed by atoms with van der Waals surface area (Å²) in [4.78, 5) is 23.2. The highest BCUT2D eigenvalue weighted by Gasteiger charge is 2.32. The summed E-state index contributed by atoms with van der Waals surface area (Å²) in [6.45, 7) is 1.00. The first-order valence-electron chi connectivity index (χ1n) is 7.22. The van der Waals surface area contributed by atoms with Crippen LogP contribution >= 0.6 is 0 Å². The van der Waals surface area contributed by atoms with Gasteiger partial charge in [0, 0.05) is 19.1 Å². The molecule has 1 saturated heterocycles. The van der Waals surface area contributed by atoms with Crippen molar-refractivity contribution in [1.29, 1.82) is 0 Å². The summed E-state index contributed by atoms with van der Waals surface area (Å²) < 4.78 is 17.9. The molecule has 1 fully saturated rings. The Morgan fingerprint density at radius 2 is 2.23 bits per heavy atom. The van der Waals surface area contributed by atoms with Crippen molar-refractivity contribution in [2.75, 3.05) is 45.4 Å². The molecule has 0 saturated carbocycles. The minimum atomic E-state index is -0.568. The van der Waals surface area contributed by atoms with Crippen molar-refractivity contribution in [1.82, 2.24) is 14.9 Å². The quantitative estimate of drug-likeness (QED) is 0.894. The minimum absolute atomic E-state index is 0.0262. The molecule has 1 aliphatic heterocycles. The van der Waals surface area contributed by atoms with Gasteiger partial charge in [-0.1, -0.05) is 0 Å². The number of benzene rings is 1. The van der Waals surface area contributed by atoms with Crippen molar-refractivity contribution in [3.05, 3.63) is 28.8 Å². The van der Waals surface area contributed by atoms with Gasteiger partial charge in [0.2, 0.25) is 0 Å². The second-order valence-electron chi connectivity index (χ2n) is 5.60. The summed E-state index contributed by atoms with van der Waals surface area (Å²) >= 11 is 0. The van der Waals surface area contributed by atoms with Crippen LogP contribution in [0, 0.1) is 0 Å². The first kappa shape index (κ1) is 14.8. The van der Waals surface area contributed by atoms with Crippen molar-refractivity contribution >= 4 is 16.6 Å². The van der Waals surface area contributed by atoms with E-state index >= 15 is 0 Å². The Morgan fingerprint density at radius 3 is 2.91 bits per heavy atom. The van der Waals surface area contributed by atoms with Crippen LogP contribution in [0.2, 0.25) is 0 Å². The van der Waals surface area contributed by atoms with Crippen LogP contribution in [0.15, 0.2) is 23.3 Å². The zero-order valence-corrected chi connectivity index (χ0v) is 12.7. The second kappa shape index (κ2) is 5.92. The number of hydrogen-bond acceptors (Lipinski definition) is 5. The molecule has 1 aliphatic rings. The van der Waals surface area contributed by atoms with Crippen molar-refractivity contribution in [3.8, 4) is 5.75 Å². The van der Waals surface area contributed by atoms with Gasteiger partial charge in [-0.25, -0.2) is 9.37 Å². The average Bonchev–Trinajstić information content (AvgIpc) is 2.44. The normalized spacial score (nSPS) is 15.4. The number of aromatic amines is 1. The van der Waals surface area contributed by atoms with Crippen molar-refractivity contribution in [2.45, 2.75) is 6.04 Å². The summed E-state index contributed by atoms with van der Waals surface area (Å²) in [6, 6.07) is 3.91. The van der Waals surface area contributed by atoms with E-state index < -0.39 is 6.67 Å². The number of H-pyrrole nitrogens is 1. The van der Waals surface area contributed by atoms with Gasteiger partial charge in [-0.2, -0.15) is 0 Å². The summed E-state index contributed by atoms with van der Waals surface area (Å²) in [5.41, 5.74) is 1.11. The maximum Gasteiger partial charge on any atom is 0.260 e. The summed E-state index contributed by atoms with van der Waals surface area (Å²) in [6.07, 6.45) is 1.38. The van der Waals surface area contributed by atoms with E-state index in [1.54, 1.807) is 12.1 Å². The smallest absolute Gasteiger partial charge is 0.260 e. The van der Waals surface area contributed by atoms with Crippen LogP contribution in [0.5, 0.6) is 5.75 Å². The van der Waals surface area contributed by atoms with Crippen LogP contribution in [-0.4, -0.2) is 61.4 Å². The molecular weight excluding hydrogens is 287 g/mol. The number of alkyl halides is 1. The molecule has 1 aromatic heterocycles. The van der Waals surface area contributed by atoms with Gasteiger partial charge < -0.3 is 19.5 Å². The molecule has 6 nitrogen and oxygen atoms in total. The summed E-state index contributed by atoms with van der Waals surface area (Å²) in [7, 11) is 4.06. The number of likely N-dealkylation sites (N-methyl/N-ethyl adjacent to an activating group) is 1. The monoisotopic (exact) mass is 306 g/mol. The van der Waals surface area contributed by atoms with E-state index in [0.717, 1.165) is 13.1 Å². The van der Waals surface area contributed by atoms with E-state index in [1.165, 1.54) is 6.33 Å². The first-order chi connectivity index (χ1) is 10.6. The zero-order chi connectivity index (χ0) is 15.7. The Kier molecular flexibility index (Phi) is 3.98. The number of hydrogen-bond donors (Lipinski definition) is 1. The third-order valence-electron chi connectivity index (χ3n) is 3.99. The molecule has 0 spiro atoms. The molecule has 0 atom stereocenters. The number of nitrogens with zero attached hydrogens (tertiary/aromatic N) is 3. The fourth-order valence-corrected chi connectivity index (χ4v) is 2.67. The maximum absolute atomic E-state index is 12.4. The Balaban J connectivity index is 2.05. The van der Waals surface area contributed by atoms with Crippen LogP contribution in [0.4, 0.5) is 10.1 Å². The molecule has 2 aromatic rings. The lowest BCUT2D eigenvalue weighted by Gasteiger charge is -2.44. The van der Waals surface area contributed by atoms with Crippen LogP contribution in [0.3, 0.4) is 0 Å². The molecule has 0 aliphatic carbocycles.